The first kappa shape index (κ1) is 78.3. The molecule has 0 unspecified atom stereocenters. The van der Waals surface area contributed by atoms with Crippen molar-refractivity contribution in [3.63, 3.8) is 0 Å². The molecule has 0 radical (unpaired) electrons. The molecule has 24 heteroatoms. The molecule has 0 aliphatic heterocycles. The van der Waals surface area contributed by atoms with Gasteiger partial charge in [0.2, 0.25) is 0 Å². The molecular weight excluding hydrogens is 1380 g/mol. The molecule has 0 amide bonds. The number of nitrogens with zero attached hydrogens (tertiary/aromatic N) is 9. The van der Waals surface area contributed by atoms with Crippen LogP contribution in [-0.2, 0) is 54.4 Å². The number of pyridine rings is 3. The second kappa shape index (κ2) is 36.0. The van der Waals surface area contributed by atoms with E-state index in [2.05, 4.69) is 73.4 Å². The Morgan fingerprint density at radius 1 is 0.440 bits per heavy atom. The van der Waals surface area contributed by atoms with E-state index in [1.54, 1.807) is 81.5 Å². The van der Waals surface area contributed by atoms with E-state index in [9.17, 15) is 38.1 Å². The number of hydrogen-bond acceptors (Lipinski definition) is 17. The van der Waals surface area contributed by atoms with Gasteiger partial charge in [-0.3, -0.25) is 28.1 Å². The molecular formula is C76H78ClN9Na2O8S4. The summed E-state index contributed by atoms with van der Waals surface area (Å²) < 4.78 is 28.3. The van der Waals surface area contributed by atoms with Gasteiger partial charge in [-0.2, -0.15) is 12.5 Å². The van der Waals surface area contributed by atoms with Gasteiger partial charge in [-0.1, -0.05) is 141 Å². The molecule has 6 aromatic carbocycles. The number of sulfone groups is 1. The van der Waals surface area contributed by atoms with E-state index < -0.39 is 28.1 Å². The van der Waals surface area contributed by atoms with Gasteiger partial charge in [0.1, 0.15) is 5.15 Å². The third kappa shape index (κ3) is 17.5. The van der Waals surface area contributed by atoms with Crippen LogP contribution in [0.3, 0.4) is 0 Å². The number of aliphatic hydroxyl groups excluding tert-OH is 3. The first-order valence-electron chi connectivity index (χ1n) is 32.9. The van der Waals surface area contributed by atoms with E-state index in [0.717, 1.165) is 153 Å². The zero-order valence-corrected chi connectivity index (χ0v) is 65.1. The van der Waals surface area contributed by atoms with E-state index >= 15 is 0 Å². The molecule has 0 saturated heterocycles. The Bertz CT molecular complexity index is 5130. The molecule has 3 fully saturated rings. The van der Waals surface area contributed by atoms with Crippen molar-refractivity contribution in [3.8, 4) is 0 Å². The number of rotatable bonds is 11. The minimum atomic E-state index is -3.37. The number of halogens is 1. The molecule has 6 aromatic heterocycles. The largest absolute Gasteiger partial charge is 1.00 e. The van der Waals surface area contributed by atoms with E-state index in [1.165, 1.54) is 6.07 Å². The van der Waals surface area contributed by atoms with Gasteiger partial charge in [0.25, 0.3) is 16.7 Å². The molecule has 15 rings (SSSR count). The molecule has 100 heavy (non-hydrogen) atoms. The summed E-state index contributed by atoms with van der Waals surface area (Å²) in [4.78, 5) is 67.2. The van der Waals surface area contributed by atoms with E-state index in [0.29, 0.717) is 58.0 Å². The van der Waals surface area contributed by atoms with E-state index in [-0.39, 0.29) is 98.9 Å². The second-order valence-electron chi connectivity index (χ2n) is 25.1. The van der Waals surface area contributed by atoms with Gasteiger partial charge in [-0.05, 0) is 150 Å². The summed E-state index contributed by atoms with van der Waals surface area (Å²) in [5.41, 5.74) is 7.81. The number of benzene rings is 6. The smallest absolute Gasteiger partial charge is 0.796 e. The SMILES string of the molecule is CS(=O)(=O)c1ccc(Cc2cc3c(=O)n([C@H]4CCCC[C@@H]4O)cnc3c3ccccc23)cn1.CSc1ccc(Cc2cc3c(=O)n([C@H]4CCCC[C@@H]4O)cnc3c3ccccc23)cn1.C[S-].C[S-].O=c1c2cc(Cc3ccc(Cl)nc3)c3ccccc3c2ncn1[C@H]1CCCC[C@@H]1O.[Na+].[Na+]. The van der Waals surface area contributed by atoms with E-state index in [1.807, 2.05) is 103 Å². The van der Waals surface area contributed by atoms with Crippen molar-refractivity contribution in [2.24, 2.45) is 0 Å². The van der Waals surface area contributed by atoms with Crippen LogP contribution in [-0.4, -0.2) is 111 Å². The van der Waals surface area contributed by atoms with Gasteiger partial charge >= 0.3 is 59.1 Å². The average Bonchev–Trinajstić information content (AvgIpc) is 0.765. The Morgan fingerprint density at radius 2 is 0.760 bits per heavy atom. The van der Waals surface area contributed by atoms with Gasteiger partial charge in [0.05, 0.1) is 93.2 Å². The van der Waals surface area contributed by atoms with Crippen LogP contribution >= 0.6 is 23.4 Å². The fraction of sp³-hybridized carbons (Fsp3) is 0.329. The molecule has 3 aliphatic carbocycles. The van der Waals surface area contributed by atoms with Crippen LogP contribution in [0.4, 0.5) is 0 Å². The van der Waals surface area contributed by atoms with Gasteiger partial charge in [0, 0.05) is 41.0 Å². The summed E-state index contributed by atoms with van der Waals surface area (Å²) in [5, 5.41) is 40.6. The number of thioether (sulfide) groups is 1. The molecule has 508 valence electrons. The Balaban J connectivity index is 0.000000169. The van der Waals surface area contributed by atoms with Crippen molar-refractivity contribution in [3.05, 3.63) is 235 Å². The van der Waals surface area contributed by atoms with Crippen molar-refractivity contribution in [2.75, 3.05) is 25.0 Å². The van der Waals surface area contributed by atoms with Crippen molar-refractivity contribution in [1.29, 1.82) is 0 Å². The molecule has 3 saturated carbocycles. The van der Waals surface area contributed by atoms with Crippen LogP contribution in [0.1, 0.15) is 129 Å². The maximum absolute atomic E-state index is 13.5. The summed E-state index contributed by atoms with van der Waals surface area (Å²) in [6.07, 6.45) is 27.1. The molecule has 0 spiro atoms. The van der Waals surface area contributed by atoms with Gasteiger partial charge in [-0.15, -0.1) is 11.8 Å². The van der Waals surface area contributed by atoms with Crippen molar-refractivity contribution in [1.82, 2.24) is 43.6 Å². The first-order valence-corrected chi connectivity index (χ1v) is 38.1. The van der Waals surface area contributed by atoms with Crippen LogP contribution in [0.15, 0.2) is 189 Å². The number of aromatic nitrogens is 9. The zero-order valence-electron chi connectivity index (χ0n) is 57.1. The Morgan fingerprint density at radius 3 is 1.05 bits per heavy atom. The van der Waals surface area contributed by atoms with Crippen LogP contribution in [0.25, 0.3) is 65.0 Å². The first-order chi connectivity index (χ1) is 47.6. The van der Waals surface area contributed by atoms with Crippen molar-refractivity contribution >= 4 is 123 Å². The fourth-order valence-electron chi connectivity index (χ4n) is 14.1. The Labute approximate surface area is 646 Å². The molecule has 6 atom stereocenters. The fourth-order valence-corrected chi connectivity index (χ4v) is 15.1. The second-order valence-corrected chi connectivity index (χ2v) is 28.2. The summed E-state index contributed by atoms with van der Waals surface area (Å²) in [6.45, 7) is 0. The molecule has 12 aromatic rings. The normalized spacial score (nSPS) is 18.2. The Hall–Kier alpha value is -5.86. The third-order valence-corrected chi connectivity index (χ3v) is 20.8. The topological polar surface area (TPSA) is 238 Å². The van der Waals surface area contributed by atoms with Gasteiger partial charge in [-0.25, -0.2) is 38.3 Å². The molecule has 0 bridgehead atoms. The standard InChI is InChI=1S/C25H25N3O4S.C25H25N3O2S.C24H22ClN3O2.2CH4S.2Na/c1-33(31,32)23-11-10-16(14-26-23)12-17-13-20-24(19-7-3-2-6-18(17)19)27-15-28(25(20)30)21-8-4-5-9-22(21)29;1-31-23-11-10-16(14-26-23)12-17-13-20-24(19-7-3-2-6-18(17)19)27-15-28(25(20)30)21-8-4-5-9-22(21)29;25-22-10-9-15(13-26-22)11-16-12-19-23(18-6-2-1-5-17(16)18)27-14-28(24(19)30)20-7-3-4-8-21(20)29;2*1-2;;/h2-3,6-7,10-11,13-15,21-22,29H,4-5,8-9,12H2,1H3;2-3,6-7,10-11,13-15,21-22,29H,4-5,8-9,12H2,1H3;1-2,5-6,9-10,12-14,20-21,29H,3-4,7-8,11H2;2*2H,1H3;;/q;;;;;2*+1/p-2/t2*21-,22-;20-,21-;;;;/m000..../s1. The molecule has 3 aliphatic rings. The minimum absolute atomic E-state index is 0. The van der Waals surface area contributed by atoms with Gasteiger partial charge < -0.3 is 40.6 Å². The quantitative estimate of drug-likeness (QED) is 0.0383. The zero-order chi connectivity index (χ0) is 69.2. The number of hydrogen-bond donors (Lipinski definition) is 3. The van der Waals surface area contributed by atoms with Crippen molar-refractivity contribution < 1.29 is 82.9 Å². The minimum Gasteiger partial charge on any atom is -0.796 e. The van der Waals surface area contributed by atoms with Crippen molar-refractivity contribution in [2.45, 2.75) is 143 Å². The Kier molecular flexibility index (Phi) is 28.2. The molecule has 3 N–H and O–H groups in total. The van der Waals surface area contributed by atoms with E-state index in [4.69, 9.17) is 11.6 Å². The third-order valence-electron chi connectivity index (χ3n) is 18.9. The number of fused-ring (bicyclic) bond motifs is 9. The predicted molar refractivity (Wildman–Crippen MR) is 399 cm³/mol. The van der Waals surface area contributed by atoms with Crippen LogP contribution in [0.2, 0.25) is 5.15 Å². The van der Waals surface area contributed by atoms with Gasteiger partial charge in [0.15, 0.2) is 14.9 Å². The molecule has 6 heterocycles. The predicted octanol–water partition coefficient (Wildman–Crippen LogP) is 7.15. The summed E-state index contributed by atoms with van der Waals surface area (Å²) in [5.74, 6) is 0. The summed E-state index contributed by atoms with van der Waals surface area (Å²) >= 11 is 15.7. The average molecular weight is 1460 g/mol. The molecule has 17 nitrogen and oxygen atoms in total. The van der Waals surface area contributed by atoms with Crippen LogP contribution in [0, 0.1) is 0 Å². The summed E-state index contributed by atoms with van der Waals surface area (Å²) in [7, 11) is -3.37. The maximum Gasteiger partial charge on any atom is 1.00 e. The van der Waals surface area contributed by atoms with Crippen LogP contribution in [0.5, 0.6) is 0 Å². The van der Waals surface area contributed by atoms with Crippen LogP contribution < -0.4 is 75.8 Å². The summed E-state index contributed by atoms with van der Waals surface area (Å²) in [6, 6.07) is 40.2. The monoisotopic (exact) mass is 1450 g/mol. The maximum atomic E-state index is 13.5. The number of aliphatic hydroxyl groups is 3.